The largest absolute Gasteiger partial charge is 0.463 e. The normalized spacial score (nSPS) is 30.9. The van der Waals surface area contributed by atoms with Crippen molar-refractivity contribution in [2.24, 2.45) is 5.92 Å². The highest BCUT2D eigenvalue weighted by Crippen LogP contribution is 2.46. The zero-order chi connectivity index (χ0) is 22.2. The van der Waals surface area contributed by atoms with Crippen LogP contribution in [-0.2, 0) is 38.0 Å². The summed E-state index contributed by atoms with van der Waals surface area (Å²) in [4.78, 5) is 25.9. The standard InChI is InChI=1S/C21H31NO8/c1-8-26-18(23)12-10(3)22-11(4)13(19(24)27-9-2)14(12)15-16-17(20(25-7)28-15)30-21(5,6)29-16/h14-17,20,22H,8-9H2,1-7H3/t15-,16?,17?,20?/m0/s1. The van der Waals surface area contributed by atoms with Crippen LogP contribution < -0.4 is 5.32 Å². The second-order valence-corrected chi connectivity index (χ2v) is 7.89. The fourth-order valence-electron chi connectivity index (χ4n) is 4.38. The molecule has 0 bridgehead atoms. The third kappa shape index (κ3) is 3.99. The summed E-state index contributed by atoms with van der Waals surface area (Å²) in [6, 6.07) is 0. The molecule has 3 heterocycles. The molecule has 0 aromatic carbocycles. The second kappa shape index (κ2) is 8.66. The minimum absolute atomic E-state index is 0.199. The van der Waals surface area contributed by atoms with Crippen molar-refractivity contribution in [1.82, 2.24) is 5.32 Å². The van der Waals surface area contributed by atoms with E-state index in [1.54, 1.807) is 41.5 Å². The van der Waals surface area contributed by atoms with Crippen LogP contribution in [-0.4, -0.2) is 62.7 Å². The molecule has 30 heavy (non-hydrogen) atoms. The number of esters is 2. The Balaban J connectivity index is 2.10. The van der Waals surface area contributed by atoms with Crippen LogP contribution in [0.2, 0.25) is 0 Å². The molecule has 3 rings (SSSR count). The Kier molecular flexibility index (Phi) is 6.57. The van der Waals surface area contributed by atoms with E-state index in [4.69, 9.17) is 28.4 Å². The molecule has 0 aromatic rings. The van der Waals surface area contributed by atoms with Crippen LogP contribution in [0.1, 0.15) is 41.5 Å². The van der Waals surface area contributed by atoms with Crippen molar-refractivity contribution in [3.05, 3.63) is 22.5 Å². The number of hydrogen-bond donors (Lipinski definition) is 1. The molecule has 0 saturated carbocycles. The highest BCUT2D eigenvalue weighted by atomic mass is 16.8. The average Bonchev–Trinajstić information content (AvgIpc) is 3.13. The van der Waals surface area contributed by atoms with Crippen LogP contribution in [0.15, 0.2) is 22.5 Å². The molecular formula is C21H31NO8. The number of methoxy groups -OCH3 is 1. The molecule has 168 valence electrons. The van der Waals surface area contributed by atoms with E-state index in [0.29, 0.717) is 22.5 Å². The molecule has 0 amide bonds. The molecule has 4 atom stereocenters. The van der Waals surface area contributed by atoms with Crippen LogP contribution in [0.3, 0.4) is 0 Å². The van der Waals surface area contributed by atoms with Gasteiger partial charge in [0, 0.05) is 18.5 Å². The lowest BCUT2D eigenvalue weighted by Crippen LogP contribution is -2.44. The quantitative estimate of drug-likeness (QED) is 0.638. The van der Waals surface area contributed by atoms with Crippen molar-refractivity contribution >= 4 is 11.9 Å². The summed E-state index contributed by atoms with van der Waals surface area (Å²) in [5.41, 5.74) is 1.78. The molecule has 0 spiro atoms. The summed E-state index contributed by atoms with van der Waals surface area (Å²) in [5.74, 6) is -2.68. The molecule has 1 N–H and O–H groups in total. The topological polar surface area (TPSA) is 102 Å². The monoisotopic (exact) mass is 425 g/mol. The zero-order valence-electron chi connectivity index (χ0n) is 18.6. The molecule has 0 aromatic heterocycles. The average molecular weight is 425 g/mol. The van der Waals surface area contributed by atoms with E-state index in [1.165, 1.54) is 7.11 Å². The van der Waals surface area contributed by atoms with Crippen LogP contribution >= 0.6 is 0 Å². The summed E-state index contributed by atoms with van der Waals surface area (Å²) in [5, 5.41) is 3.11. The first-order chi connectivity index (χ1) is 14.1. The first-order valence-electron chi connectivity index (χ1n) is 10.2. The summed E-state index contributed by atoms with van der Waals surface area (Å²) >= 11 is 0. The number of allylic oxidation sites excluding steroid dienone is 2. The van der Waals surface area contributed by atoms with Gasteiger partial charge in [-0.05, 0) is 41.5 Å². The number of carbonyl (C=O) groups is 2. The summed E-state index contributed by atoms with van der Waals surface area (Å²) < 4.78 is 34.3. The molecule has 0 radical (unpaired) electrons. The Morgan fingerprint density at radius 2 is 1.43 bits per heavy atom. The van der Waals surface area contributed by atoms with Gasteiger partial charge < -0.3 is 33.7 Å². The molecule has 3 aliphatic heterocycles. The number of hydrogen-bond acceptors (Lipinski definition) is 9. The minimum atomic E-state index is -0.854. The highest BCUT2D eigenvalue weighted by Gasteiger charge is 2.60. The number of ether oxygens (including phenoxy) is 6. The van der Waals surface area contributed by atoms with Gasteiger partial charge in [0.05, 0.1) is 30.3 Å². The van der Waals surface area contributed by atoms with Gasteiger partial charge in [0.15, 0.2) is 12.1 Å². The van der Waals surface area contributed by atoms with Crippen molar-refractivity contribution in [2.75, 3.05) is 20.3 Å². The van der Waals surface area contributed by atoms with Crippen molar-refractivity contribution in [3.63, 3.8) is 0 Å². The van der Waals surface area contributed by atoms with Crippen molar-refractivity contribution in [2.45, 2.75) is 71.9 Å². The number of fused-ring (bicyclic) bond motifs is 1. The summed E-state index contributed by atoms with van der Waals surface area (Å²) in [6.45, 7) is 11.0. The fourth-order valence-corrected chi connectivity index (χ4v) is 4.38. The first-order valence-corrected chi connectivity index (χ1v) is 10.2. The van der Waals surface area contributed by atoms with Gasteiger partial charge in [-0.3, -0.25) is 0 Å². The van der Waals surface area contributed by atoms with Gasteiger partial charge in [-0.25, -0.2) is 9.59 Å². The van der Waals surface area contributed by atoms with E-state index < -0.39 is 48.2 Å². The molecular weight excluding hydrogens is 394 g/mol. The van der Waals surface area contributed by atoms with Crippen molar-refractivity contribution in [3.8, 4) is 0 Å². The third-order valence-electron chi connectivity index (χ3n) is 5.40. The maximum atomic E-state index is 12.9. The maximum Gasteiger partial charge on any atom is 0.336 e. The highest BCUT2D eigenvalue weighted by molar-refractivity contribution is 5.98. The Labute approximate surface area is 176 Å². The lowest BCUT2D eigenvalue weighted by Gasteiger charge is -2.35. The Hall–Kier alpha value is -1.94. The number of carbonyl (C=O) groups excluding carboxylic acids is 2. The Morgan fingerprint density at radius 1 is 0.933 bits per heavy atom. The van der Waals surface area contributed by atoms with Crippen LogP contribution in [0.4, 0.5) is 0 Å². The van der Waals surface area contributed by atoms with E-state index in [1.807, 2.05) is 0 Å². The second-order valence-electron chi connectivity index (χ2n) is 7.89. The smallest absolute Gasteiger partial charge is 0.336 e. The van der Waals surface area contributed by atoms with Crippen LogP contribution in [0, 0.1) is 5.92 Å². The van der Waals surface area contributed by atoms with Crippen LogP contribution in [0.5, 0.6) is 0 Å². The van der Waals surface area contributed by atoms with Gasteiger partial charge >= 0.3 is 11.9 Å². The van der Waals surface area contributed by atoms with E-state index in [0.717, 1.165) is 0 Å². The third-order valence-corrected chi connectivity index (χ3v) is 5.40. The van der Waals surface area contributed by atoms with Crippen molar-refractivity contribution < 1.29 is 38.0 Å². The molecule has 2 saturated heterocycles. The van der Waals surface area contributed by atoms with Gasteiger partial charge in [0.25, 0.3) is 0 Å². The fraction of sp³-hybridized carbons (Fsp3) is 0.714. The van der Waals surface area contributed by atoms with Gasteiger partial charge in [0.2, 0.25) is 0 Å². The first kappa shape index (κ1) is 22.7. The van der Waals surface area contributed by atoms with Gasteiger partial charge in [-0.2, -0.15) is 0 Å². The predicted octanol–water partition coefficient (Wildman–Crippen LogP) is 1.77. The summed E-state index contributed by atoms with van der Waals surface area (Å²) in [6.07, 6.45) is -2.48. The lowest BCUT2D eigenvalue weighted by molar-refractivity contribution is -0.230. The maximum absolute atomic E-state index is 12.9. The zero-order valence-corrected chi connectivity index (χ0v) is 18.6. The number of nitrogens with one attached hydrogen (secondary N) is 1. The predicted molar refractivity (Wildman–Crippen MR) is 105 cm³/mol. The molecule has 2 fully saturated rings. The van der Waals surface area contributed by atoms with Crippen molar-refractivity contribution in [1.29, 1.82) is 0 Å². The van der Waals surface area contributed by atoms with Crippen LogP contribution in [0.25, 0.3) is 0 Å². The molecule has 0 aliphatic carbocycles. The SMILES string of the molecule is CCOC(=O)C1=C(C)NC(C)=C(C(=O)OCC)C1[C@@H]1OC(OC)C2OC(C)(C)OC21. The summed E-state index contributed by atoms with van der Waals surface area (Å²) in [7, 11) is 1.52. The van der Waals surface area contributed by atoms with E-state index >= 15 is 0 Å². The number of rotatable bonds is 6. The van der Waals surface area contributed by atoms with E-state index in [2.05, 4.69) is 5.32 Å². The van der Waals surface area contributed by atoms with Gasteiger partial charge in [0.1, 0.15) is 18.3 Å². The van der Waals surface area contributed by atoms with E-state index in [9.17, 15) is 9.59 Å². The Morgan fingerprint density at radius 3 is 1.90 bits per heavy atom. The van der Waals surface area contributed by atoms with Gasteiger partial charge in [-0.1, -0.05) is 0 Å². The van der Waals surface area contributed by atoms with Gasteiger partial charge in [-0.15, -0.1) is 0 Å². The molecule has 3 aliphatic rings. The Bertz CT molecular complexity index is 731. The molecule has 3 unspecified atom stereocenters. The molecule has 9 heteroatoms. The van der Waals surface area contributed by atoms with E-state index in [-0.39, 0.29) is 13.2 Å². The number of dihydropyridines is 1. The lowest BCUT2D eigenvalue weighted by atomic mass is 9.79. The minimum Gasteiger partial charge on any atom is -0.463 e. The molecule has 9 nitrogen and oxygen atoms in total.